The third-order valence-electron chi connectivity index (χ3n) is 2.69. The Balaban J connectivity index is 1.94. The Morgan fingerprint density at radius 3 is 2.33 bits per heavy atom. The molecule has 0 saturated heterocycles. The predicted octanol–water partition coefficient (Wildman–Crippen LogP) is 5.81. The molecule has 9 heteroatoms. The molecule has 2 aromatic rings. The molecule has 0 radical (unpaired) electrons. The number of nitrogens with zero attached hydrogens (tertiary/aromatic N) is 1. The lowest BCUT2D eigenvalue weighted by Gasteiger charge is -2.10. The number of hydrogen-bond acceptors (Lipinski definition) is 3. The van der Waals surface area contributed by atoms with Crippen LogP contribution in [-0.4, -0.2) is 18.7 Å². The number of ether oxygens (including phenoxy) is 1. The van der Waals surface area contributed by atoms with E-state index in [1.807, 2.05) is 12.1 Å². The van der Waals surface area contributed by atoms with Crippen molar-refractivity contribution in [3.8, 4) is 5.75 Å². The summed E-state index contributed by atoms with van der Waals surface area (Å²) in [6.07, 6.45) is 1.38. The fraction of sp³-hybridized carbons (Fsp3) is 0.0667. The average Bonchev–Trinajstić information content (AvgIpc) is 2.49. The van der Waals surface area contributed by atoms with Crippen molar-refractivity contribution in [1.29, 1.82) is 0 Å². The van der Waals surface area contributed by atoms with Gasteiger partial charge in [0, 0.05) is 10.0 Å². The van der Waals surface area contributed by atoms with Crippen molar-refractivity contribution >= 4 is 83.1 Å². The maximum atomic E-state index is 11.8. The molecule has 0 atom stereocenters. The highest BCUT2D eigenvalue weighted by atomic mass is 79.9. The zero-order valence-corrected chi connectivity index (χ0v) is 18.1. The summed E-state index contributed by atoms with van der Waals surface area (Å²) in [5, 5.41) is 4.72. The predicted molar refractivity (Wildman–Crippen MR) is 107 cm³/mol. The minimum absolute atomic E-state index is 0.202. The van der Waals surface area contributed by atoms with Crippen molar-refractivity contribution in [2.75, 3.05) is 6.61 Å². The molecule has 24 heavy (non-hydrogen) atoms. The van der Waals surface area contributed by atoms with E-state index in [0.717, 1.165) is 4.47 Å². The van der Waals surface area contributed by atoms with Crippen LogP contribution in [0.1, 0.15) is 5.56 Å². The summed E-state index contributed by atoms with van der Waals surface area (Å²) in [4.78, 5) is 11.8. The van der Waals surface area contributed by atoms with Crippen LogP contribution in [0.15, 0.2) is 48.9 Å². The normalized spacial score (nSPS) is 10.9. The summed E-state index contributed by atoms with van der Waals surface area (Å²) >= 11 is 22.1. The van der Waals surface area contributed by atoms with Gasteiger partial charge in [-0.05, 0) is 56.1 Å². The number of rotatable bonds is 5. The first-order valence-electron chi connectivity index (χ1n) is 6.41. The van der Waals surface area contributed by atoms with Crippen LogP contribution in [0.25, 0.3) is 0 Å². The Morgan fingerprint density at radius 1 is 1.17 bits per heavy atom. The highest BCUT2D eigenvalue weighted by Crippen LogP contribution is 2.36. The number of nitrogens with one attached hydrogen (secondary N) is 1. The summed E-state index contributed by atoms with van der Waals surface area (Å²) in [5.41, 5.74) is 2.88. The van der Waals surface area contributed by atoms with Gasteiger partial charge in [0.1, 0.15) is 5.75 Å². The van der Waals surface area contributed by atoms with Gasteiger partial charge in [0.25, 0.3) is 5.91 Å². The smallest absolute Gasteiger partial charge is 0.277 e. The Bertz CT molecular complexity index is 757. The maximum Gasteiger partial charge on any atom is 0.277 e. The van der Waals surface area contributed by atoms with Crippen LogP contribution in [0.2, 0.25) is 10.0 Å². The summed E-state index contributed by atoms with van der Waals surface area (Å²) < 4.78 is 7.78. The third kappa shape index (κ3) is 5.46. The number of amides is 1. The van der Waals surface area contributed by atoms with Gasteiger partial charge in [-0.1, -0.05) is 45.2 Å². The number of carbonyl (C=O) groups excluding carboxylic acids is 1. The Kier molecular flexibility index (Phi) is 7.56. The molecule has 0 aliphatic heterocycles. The van der Waals surface area contributed by atoms with E-state index >= 15 is 0 Å². The van der Waals surface area contributed by atoms with Crippen LogP contribution < -0.4 is 10.2 Å². The Hall–Kier alpha value is -0.600. The van der Waals surface area contributed by atoms with Crippen LogP contribution >= 0.6 is 71.0 Å². The number of carbonyl (C=O) groups is 1. The molecule has 0 aromatic heterocycles. The second-order valence-corrected chi connectivity index (χ2v) is 7.85. The van der Waals surface area contributed by atoms with Gasteiger partial charge in [0.05, 0.1) is 25.2 Å². The zero-order chi connectivity index (χ0) is 17.7. The van der Waals surface area contributed by atoms with Crippen LogP contribution in [0.4, 0.5) is 0 Å². The van der Waals surface area contributed by atoms with E-state index in [2.05, 4.69) is 58.3 Å². The van der Waals surface area contributed by atoms with Crippen LogP contribution in [0, 0.1) is 0 Å². The molecule has 0 unspecified atom stereocenters. The van der Waals surface area contributed by atoms with Gasteiger partial charge in [-0.25, -0.2) is 5.43 Å². The van der Waals surface area contributed by atoms with Crippen molar-refractivity contribution in [1.82, 2.24) is 5.43 Å². The summed E-state index contributed by atoms with van der Waals surface area (Å²) in [6.45, 7) is -0.202. The fourth-order valence-corrected chi connectivity index (χ4v) is 4.62. The summed E-state index contributed by atoms with van der Waals surface area (Å²) in [7, 11) is 0. The number of benzene rings is 2. The first kappa shape index (κ1) is 19.7. The average molecular weight is 560 g/mol. The minimum atomic E-state index is -0.420. The minimum Gasteiger partial charge on any atom is -0.481 e. The van der Waals surface area contributed by atoms with E-state index in [1.54, 1.807) is 18.2 Å². The van der Waals surface area contributed by atoms with E-state index in [-0.39, 0.29) is 6.61 Å². The van der Waals surface area contributed by atoms with Gasteiger partial charge in [-0.2, -0.15) is 5.10 Å². The molecular weight excluding hydrogens is 551 g/mol. The molecule has 0 aliphatic rings. The summed E-state index contributed by atoms with van der Waals surface area (Å²) in [5.74, 6) is 0.0997. The zero-order valence-electron chi connectivity index (χ0n) is 11.8. The Morgan fingerprint density at radius 2 is 1.75 bits per heavy atom. The van der Waals surface area contributed by atoms with Crippen molar-refractivity contribution in [2.45, 2.75) is 0 Å². The van der Waals surface area contributed by atoms with E-state index < -0.39 is 5.91 Å². The van der Waals surface area contributed by atoms with Gasteiger partial charge in [0.15, 0.2) is 6.61 Å². The quantitative estimate of drug-likeness (QED) is 0.371. The molecule has 0 bridgehead atoms. The molecule has 0 aliphatic carbocycles. The topological polar surface area (TPSA) is 50.7 Å². The van der Waals surface area contributed by atoms with Gasteiger partial charge in [-0.3, -0.25) is 4.79 Å². The van der Waals surface area contributed by atoms with E-state index in [0.29, 0.717) is 30.3 Å². The molecular formula is C15H9Br3Cl2N2O2. The second kappa shape index (κ2) is 9.20. The Labute approximate surface area is 173 Å². The standard InChI is InChI=1S/C15H9Br3Cl2N2O2/c16-8-4-10(17)15(11(18)5-8)24-7-14(23)22-21-6-9-12(19)2-1-3-13(9)20/h1-6H,7H2,(H,22,23)/b21-6-. The lowest BCUT2D eigenvalue weighted by Crippen LogP contribution is -2.24. The molecule has 0 heterocycles. The largest absolute Gasteiger partial charge is 0.481 e. The summed E-state index contributed by atoms with van der Waals surface area (Å²) in [6, 6.07) is 8.72. The van der Waals surface area contributed by atoms with Gasteiger partial charge >= 0.3 is 0 Å². The SMILES string of the molecule is O=C(COc1c(Br)cc(Br)cc1Br)N/N=C\c1c(Cl)cccc1Cl. The van der Waals surface area contributed by atoms with Gasteiger partial charge in [0.2, 0.25) is 0 Å². The molecule has 2 aromatic carbocycles. The monoisotopic (exact) mass is 556 g/mol. The van der Waals surface area contributed by atoms with E-state index in [1.165, 1.54) is 6.21 Å². The molecule has 1 N–H and O–H groups in total. The van der Waals surface area contributed by atoms with Crippen LogP contribution in [-0.2, 0) is 4.79 Å². The van der Waals surface area contributed by atoms with E-state index in [9.17, 15) is 4.79 Å². The highest BCUT2D eigenvalue weighted by Gasteiger charge is 2.10. The fourth-order valence-electron chi connectivity index (χ4n) is 1.64. The van der Waals surface area contributed by atoms with Crippen molar-refractivity contribution in [3.05, 3.63) is 59.4 Å². The van der Waals surface area contributed by atoms with E-state index in [4.69, 9.17) is 27.9 Å². The van der Waals surface area contributed by atoms with Crippen molar-refractivity contribution in [3.63, 3.8) is 0 Å². The number of hydrogen-bond donors (Lipinski definition) is 1. The molecule has 0 fully saturated rings. The van der Waals surface area contributed by atoms with Gasteiger partial charge < -0.3 is 4.74 Å². The molecule has 126 valence electrons. The van der Waals surface area contributed by atoms with Crippen molar-refractivity contribution in [2.24, 2.45) is 5.10 Å². The molecule has 1 amide bonds. The highest BCUT2D eigenvalue weighted by molar-refractivity contribution is 9.11. The first-order chi connectivity index (χ1) is 11.4. The second-order valence-electron chi connectivity index (χ2n) is 4.42. The lowest BCUT2D eigenvalue weighted by atomic mass is 10.2. The van der Waals surface area contributed by atoms with Gasteiger partial charge in [-0.15, -0.1) is 0 Å². The lowest BCUT2D eigenvalue weighted by molar-refractivity contribution is -0.123. The van der Waals surface area contributed by atoms with Crippen molar-refractivity contribution < 1.29 is 9.53 Å². The molecule has 0 spiro atoms. The number of halogens is 5. The molecule has 4 nitrogen and oxygen atoms in total. The molecule has 2 rings (SSSR count). The maximum absolute atomic E-state index is 11.8. The first-order valence-corrected chi connectivity index (χ1v) is 9.55. The van der Waals surface area contributed by atoms with Crippen LogP contribution in [0.5, 0.6) is 5.75 Å². The number of hydrazone groups is 1. The van der Waals surface area contributed by atoms with Crippen LogP contribution in [0.3, 0.4) is 0 Å². The third-order valence-corrected chi connectivity index (χ3v) is 4.99. The molecule has 0 saturated carbocycles.